The lowest BCUT2D eigenvalue weighted by atomic mass is 9.99. The Morgan fingerprint density at radius 2 is 1.90 bits per heavy atom. The topological polar surface area (TPSA) is 117 Å². The van der Waals surface area contributed by atoms with Gasteiger partial charge in [0.1, 0.15) is 12.7 Å². The normalized spacial score (nSPS) is 19.1. The average molecular weight is 398 g/mol. The van der Waals surface area contributed by atoms with Gasteiger partial charge in [0.05, 0.1) is 12.6 Å². The average Bonchev–Trinajstić information content (AvgIpc) is 2.75. The number of carbonyl (C=O) groups excluding carboxylic acids is 2. The summed E-state index contributed by atoms with van der Waals surface area (Å²) in [4.78, 5) is 25.7. The Morgan fingerprint density at radius 3 is 2.55 bits per heavy atom. The lowest BCUT2D eigenvalue weighted by Gasteiger charge is -2.40. The highest BCUT2D eigenvalue weighted by atomic mass is 16.5. The summed E-state index contributed by atoms with van der Waals surface area (Å²) in [5.41, 5.74) is 8.05. The van der Waals surface area contributed by atoms with Crippen molar-refractivity contribution in [3.8, 4) is 0 Å². The number of ether oxygens (including phenoxy) is 1. The Balaban J connectivity index is 1.60. The molecule has 154 valence electrons. The van der Waals surface area contributed by atoms with Crippen LogP contribution in [0.5, 0.6) is 0 Å². The number of rotatable bonds is 7. The number of nitrogens with two attached hydrogens (primary N) is 1. The van der Waals surface area contributed by atoms with Crippen molar-refractivity contribution in [1.82, 2.24) is 10.2 Å². The van der Waals surface area contributed by atoms with Crippen LogP contribution in [0.3, 0.4) is 0 Å². The number of hydrogen-bond acceptors (Lipinski definition) is 5. The van der Waals surface area contributed by atoms with Crippen LogP contribution >= 0.6 is 0 Å². The van der Waals surface area contributed by atoms with Gasteiger partial charge in [-0.1, -0.05) is 42.5 Å². The van der Waals surface area contributed by atoms with Crippen molar-refractivity contribution in [3.05, 3.63) is 65.7 Å². The summed E-state index contributed by atoms with van der Waals surface area (Å²) in [6, 6.07) is 16.0. The minimum Gasteiger partial charge on any atom is -0.394 e. The van der Waals surface area contributed by atoms with E-state index in [1.54, 1.807) is 17.0 Å². The number of aliphatic hydroxyl groups excluding tert-OH is 1. The maximum Gasteiger partial charge on any atom is 0.319 e. The molecule has 3 amide bonds. The highest BCUT2D eigenvalue weighted by molar-refractivity contribution is 5.89. The number of urea groups is 1. The summed E-state index contributed by atoms with van der Waals surface area (Å²) < 4.78 is 5.67. The smallest absolute Gasteiger partial charge is 0.319 e. The predicted octanol–water partition coefficient (Wildman–Crippen LogP) is 1.23. The molecule has 1 heterocycles. The third-order valence-electron chi connectivity index (χ3n) is 4.81. The van der Waals surface area contributed by atoms with Gasteiger partial charge in [0.25, 0.3) is 0 Å². The molecular weight excluding hydrogens is 372 g/mol. The standard InChI is InChI=1S/C21H26N4O4/c22-10-11-25-18(13-26)20(29-14-19(25)27)16-6-8-17(9-7-16)24-21(28)23-12-15-4-2-1-3-5-15/h1-9,18,20,26H,10-14,22H2,(H2,23,24,28)/t18-,20-/m1/s1. The zero-order chi connectivity index (χ0) is 20.6. The molecule has 0 aliphatic carbocycles. The summed E-state index contributed by atoms with van der Waals surface area (Å²) in [6.45, 7) is 0.840. The highest BCUT2D eigenvalue weighted by Gasteiger charge is 2.36. The molecule has 8 nitrogen and oxygen atoms in total. The fourth-order valence-corrected chi connectivity index (χ4v) is 3.36. The van der Waals surface area contributed by atoms with E-state index in [1.165, 1.54) is 0 Å². The minimum atomic E-state index is -0.493. The second kappa shape index (κ2) is 10.0. The number of benzene rings is 2. The number of carbonyl (C=O) groups is 2. The van der Waals surface area contributed by atoms with Crippen molar-refractivity contribution < 1.29 is 19.4 Å². The molecule has 2 atom stereocenters. The molecule has 1 aliphatic rings. The molecule has 1 saturated heterocycles. The van der Waals surface area contributed by atoms with Crippen molar-refractivity contribution in [2.24, 2.45) is 5.73 Å². The summed E-state index contributed by atoms with van der Waals surface area (Å²) in [5.74, 6) is -0.181. The summed E-state index contributed by atoms with van der Waals surface area (Å²) in [7, 11) is 0. The minimum absolute atomic E-state index is 0.0525. The van der Waals surface area contributed by atoms with E-state index in [0.29, 0.717) is 25.3 Å². The molecule has 0 radical (unpaired) electrons. The van der Waals surface area contributed by atoms with Gasteiger partial charge in [-0.25, -0.2) is 4.79 Å². The number of nitrogens with one attached hydrogen (secondary N) is 2. The number of nitrogens with zero attached hydrogens (tertiary/aromatic N) is 1. The van der Waals surface area contributed by atoms with Gasteiger partial charge < -0.3 is 31.1 Å². The van der Waals surface area contributed by atoms with E-state index < -0.39 is 12.1 Å². The van der Waals surface area contributed by atoms with E-state index in [4.69, 9.17) is 10.5 Å². The zero-order valence-corrected chi connectivity index (χ0v) is 16.1. The van der Waals surface area contributed by atoms with Gasteiger partial charge in [0.15, 0.2) is 0 Å². The SMILES string of the molecule is NCCN1C(=O)CO[C@H](c2ccc(NC(=O)NCc3ccccc3)cc2)[C@H]1CO. The summed E-state index contributed by atoms with van der Waals surface area (Å²) in [6.07, 6.45) is -0.454. The van der Waals surface area contributed by atoms with Gasteiger partial charge in [-0.05, 0) is 23.3 Å². The largest absolute Gasteiger partial charge is 0.394 e. The molecule has 0 aromatic heterocycles. The highest BCUT2D eigenvalue weighted by Crippen LogP contribution is 2.29. The molecule has 0 saturated carbocycles. The molecule has 1 fully saturated rings. The van der Waals surface area contributed by atoms with Crippen LogP contribution in [0.1, 0.15) is 17.2 Å². The van der Waals surface area contributed by atoms with Crippen molar-refractivity contribution in [2.75, 3.05) is 31.6 Å². The zero-order valence-electron chi connectivity index (χ0n) is 16.1. The van der Waals surface area contributed by atoms with Crippen LogP contribution in [0.4, 0.5) is 10.5 Å². The molecule has 8 heteroatoms. The Morgan fingerprint density at radius 1 is 1.17 bits per heavy atom. The fourth-order valence-electron chi connectivity index (χ4n) is 3.36. The first-order valence-corrected chi connectivity index (χ1v) is 9.53. The maximum atomic E-state index is 12.1. The first kappa shape index (κ1) is 20.8. The third-order valence-corrected chi connectivity index (χ3v) is 4.81. The Bertz CT molecular complexity index is 813. The van der Waals surface area contributed by atoms with Crippen molar-refractivity contribution in [3.63, 3.8) is 0 Å². The number of anilines is 1. The Kier molecular flexibility index (Phi) is 7.18. The lowest BCUT2D eigenvalue weighted by Crippen LogP contribution is -2.54. The van der Waals surface area contributed by atoms with Crippen LogP contribution in [-0.2, 0) is 16.1 Å². The molecule has 1 aliphatic heterocycles. The van der Waals surface area contributed by atoms with E-state index in [-0.39, 0.29) is 25.2 Å². The van der Waals surface area contributed by atoms with E-state index in [2.05, 4.69) is 10.6 Å². The first-order valence-electron chi connectivity index (χ1n) is 9.53. The molecule has 0 spiro atoms. The summed E-state index contributed by atoms with van der Waals surface area (Å²) >= 11 is 0. The maximum absolute atomic E-state index is 12.1. The third kappa shape index (κ3) is 5.32. The second-order valence-electron chi connectivity index (χ2n) is 6.77. The van der Waals surface area contributed by atoms with Crippen molar-refractivity contribution >= 4 is 17.6 Å². The number of aliphatic hydroxyl groups is 1. The molecule has 2 aromatic rings. The fraction of sp³-hybridized carbons (Fsp3) is 0.333. The predicted molar refractivity (Wildman–Crippen MR) is 109 cm³/mol. The summed E-state index contributed by atoms with van der Waals surface area (Å²) in [5, 5.41) is 15.4. The number of amides is 3. The molecule has 2 aromatic carbocycles. The van der Waals surface area contributed by atoms with E-state index in [1.807, 2.05) is 42.5 Å². The van der Waals surface area contributed by atoms with Gasteiger partial charge in [0.2, 0.25) is 5.91 Å². The molecule has 5 N–H and O–H groups in total. The molecule has 3 rings (SSSR count). The van der Waals surface area contributed by atoms with Crippen LogP contribution in [0.2, 0.25) is 0 Å². The lowest BCUT2D eigenvalue weighted by molar-refractivity contribution is -0.160. The van der Waals surface area contributed by atoms with E-state index in [9.17, 15) is 14.7 Å². The van der Waals surface area contributed by atoms with Crippen molar-refractivity contribution in [1.29, 1.82) is 0 Å². The molecular formula is C21H26N4O4. The number of morpholine rings is 1. The van der Waals surface area contributed by atoms with Crippen LogP contribution < -0.4 is 16.4 Å². The van der Waals surface area contributed by atoms with Gasteiger partial charge >= 0.3 is 6.03 Å². The van der Waals surface area contributed by atoms with Gasteiger partial charge in [-0.2, -0.15) is 0 Å². The van der Waals surface area contributed by atoms with E-state index in [0.717, 1.165) is 11.1 Å². The van der Waals surface area contributed by atoms with Crippen LogP contribution in [-0.4, -0.2) is 54.3 Å². The van der Waals surface area contributed by atoms with Gasteiger partial charge in [0, 0.05) is 25.3 Å². The van der Waals surface area contributed by atoms with Crippen LogP contribution in [0.25, 0.3) is 0 Å². The first-order chi connectivity index (χ1) is 14.1. The van der Waals surface area contributed by atoms with Gasteiger partial charge in [-0.3, -0.25) is 4.79 Å². The second-order valence-corrected chi connectivity index (χ2v) is 6.77. The Hall–Kier alpha value is -2.94. The van der Waals surface area contributed by atoms with E-state index >= 15 is 0 Å². The van der Waals surface area contributed by atoms with Crippen LogP contribution in [0.15, 0.2) is 54.6 Å². The quantitative estimate of drug-likeness (QED) is 0.560. The van der Waals surface area contributed by atoms with Crippen LogP contribution in [0, 0.1) is 0 Å². The molecule has 0 bridgehead atoms. The number of hydrogen-bond donors (Lipinski definition) is 4. The van der Waals surface area contributed by atoms with Gasteiger partial charge in [-0.15, -0.1) is 0 Å². The van der Waals surface area contributed by atoms with Crippen molar-refractivity contribution in [2.45, 2.75) is 18.7 Å². The monoisotopic (exact) mass is 398 g/mol. The molecule has 0 unspecified atom stereocenters. The molecule has 29 heavy (non-hydrogen) atoms. The Labute approximate surface area is 169 Å².